The molecule has 13 heavy (non-hydrogen) atoms. The molecule has 4 nitrogen and oxygen atoms in total. The van der Waals surface area contributed by atoms with Crippen LogP contribution >= 0.6 is 0 Å². The average molecular weight is 195 g/mol. The SMILES string of the molecule is CN1C=C(C(N)=O)CN1C(F)(F)F. The van der Waals surface area contributed by atoms with E-state index < -0.39 is 18.8 Å². The van der Waals surface area contributed by atoms with Gasteiger partial charge in [0.1, 0.15) is 0 Å². The number of nitrogens with zero attached hydrogens (tertiary/aromatic N) is 2. The van der Waals surface area contributed by atoms with Crippen LogP contribution in [0.5, 0.6) is 0 Å². The van der Waals surface area contributed by atoms with E-state index in [2.05, 4.69) is 0 Å². The summed E-state index contributed by atoms with van der Waals surface area (Å²) in [5, 5.41) is 0.882. The smallest absolute Gasteiger partial charge is 0.366 e. The van der Waals surface area contributed by atoms with E-state index in [4.69, 9.17) is 5.73 Å². The van der Waals surface area contributed by atoms with Crippen LogP contribution in [0, 0.1) is 0 Å². The van der Waals surface area contributed by atoms with E-state index in [1.807, 2.05) is 0 Å². The molecule has 0 aromatic heterocycles. The molecule has 0 aromatic carbocycles. The molecule has 1 amide bonds. The molecule has 0 saturated heterocycles. The van der Waals surface area contributed by atoms with E-state index in [9.17, 15) is 18.0 Å². The van der Waals surface area contributed by atoms with E-state index in [0.29, 0.717) is 0 Å². The molecule has 0 radical (unpaired) electrons. The van der Waals surface area contributed by atoms with Crippen molar-refractivity contribution in [2.45, 2.75) is 6.30 Å². The van der Waals surface area contributed by atoms with Gasteiger partial charge in [-0.2, -0.15) is 13.2 Å². The second kappa shape index (κ2) is 2.91. The van der Waals surface area contributed by atoms with Crippen LogP contribution in [0.4, 0.5) is 13.2 Å². The van der Waals surface area contributed by atoms with Crippen LogP contribution in [-0.2, 0) is 4.79 Å². The number of halogens is 3. The lowest BCUT2D eigenvalue weighted by molar-refractivity contribution is -0.290. The Bertz CT molecular complexity index is 260. The molecule has 2 N–H and O–H groups in total. The van der Waals surface area contributed by atoms with E-state index in [1.165, 1.54) is 7.05 Å². The van der Waals surface area contributed by atoms with Crippen molar-refractivity contribution in [3.63, 3.8) is 0 Å². The normalized spacial score (nSPS) is 19.1. The summed E-state index contributed by atoms with van der Waals surface area (Å²) in [6, 6.07) is 0. The van der Waals surface area contributed by atoms with Gasteiger partial charge in [-0.15, -0.1) is 5.01 Å². The zero-order valence-electron chi connectivity index (χ0n) is 6.80. The van der Waals surface area contributed by atoms with E-state index in [0.717, 1.165) is 11.2 Å². The molecule has 0 spiro atoms. The molecular weight excluding hydrogens is 187 g/mol. The summed E-state index contributed by atoms with van der Waals surface area (Å²) in [6.45, 7) is -0.519. The summed E-state index contributed by atoms with van der Waals surface area (Å²) in [4.78, 5) is 10.6. The van der Waals surface area contributed by atoms with Crippen LogP contribution in [0.25, 0.3) is 0 Å². The third kappa shape index (κ3) is 1.92. The molecule has 0 unspecified atom stereocenters. The topological polar surface area (TPSA) is 49.6 Å². The van der Waals surface area contributed by atoms with Crippen molar-refractivity contribution in [2.24, 2.45) is 5.73 Å². The Kier molecular flexibility index (Phi) is 2.21. The molecule has 0 aliphatic carbocycles. The maximum Gasteiger partial charge on any atom is 0.477 e. The predicted molar refractivity (Wildman–Crippen MR) is 37.8 cm³/mol. The van der Waals surface area contributed by atoms with Crippen molar-refractivity contribution in [2.75, 3.05) is 13.6 Å². The van der Waals surface area contributed by atoms with Crippen LogP contribution in [0.3, 0.4) is 0 Å². The number of hydrogen-bond donors (Lipinski definition) is 1. The highest BCUT2D eigenvalue weighted by Gasteiger charge is 2.43. The van der Waals surface area contributed by atoms with Gasteiger partial charge in [0, 0.05) is 13.2 Å². The van der Waals surface area contributed by atoms with Crippen molar-refractivity contribution in [3.8, 4) is 0 Å². The molecule has 0 aromatic rings. The zero-order valence-corrected chi connectivity index (χ0v) is 6.80. The van der Waals surface area contributed by atoms with Crippen LogP contribution in [0.15, 0.2) is 11.8 Å². The Labute approximate surface area is 72.4 Å². The Balaban J connectivity index is 2.76. The monoisotopic (exact) mass is 195 g/mol. The van der Waals surface area contributed by atoms with Crippen molar-refractivity contribution < 1.29 is 18.0 Å². The predicted octanol–water partition coefficient (Wildman–Crippen LogP) is 0.0378. The Morgan fingerprint density at radius 1 is 1.62 bits per heavy atom. The number of carbonyl (C=O) groups excluding carboxylic acids is 1. The lowest BCUT2D eigenvalue weighted by Gasteiger charge is -2.26. The van der Waals surface area contributed by atoms with E-state index >= 15 is 0 Å². The Morgan fingerprint density at radius 3 is 2.38 bits per heavy atom. The Morgan fingerprint density at radius 2 is 2.15 bits per heavy atom. The minimum Gasteiger partial charge on any atom is -0.366 e. The van der Waals surface area contributed by atoms with Gasteiger partial charge in [0.25, 0.3) is 0 Å². The first-order valence-corrected chi connectivity index (χ1v) is 3.40. The van der Waals surface area contributed by atoms with Crippen molar-refractivity contribution in [1.29, 1.82) is 0 Å². The molecule has 1 heterocycles. The molecule has 1 aliphatic rings. The lowest BCUT2D eigenvalue weighted by atomic mass is 10.3. The van der Waals surface area contributed by atoms with Gasteiger partial charge in [0.15, 0.2) is 0 Å². The average Bonchev–Trinajstić information content (AvgIpc) is 2.29. The highest BCUT2D eigenvalue weighted by molar-refractivity contribution is 5.92. The highest BCUT2D eigenvalue weighted by Crippen LogP contribution is 2.27. The van der Waals surface area contributed by atoms with E-state index in [-0.39, 0.29) is 10.6 Å². The van der Waals surface area contributed by atoms with Gasteiger partial charge in [-0.25, -0.2) is 0 Å². The molecule has 7 heteroatoms. The summed E-state index contributed by atoms with van der Waals surface area (Å²) < 4.78 is 36.4. The number of primary amides is 1. The van der Waals surface area contributed by atoms with Gasteiger partial charge in [-0.1, -0.05) is 0 Å². The number of hydrogen-bond acceptors (Lipinski definition) is 3. The second-order valence-corrected chi connectivity index (χ2v) is 2.62. The van der Waals surface area contributed by atoms with Crippen LogP contribution in [-0.4, -0.2) is 35.8 Å². The van der Waals surface area contributed by atoms with Crippen molar-refractivity contribution >= 4 is 5.91 Å². The fraction of sp³-hybridized carbons (Fsp3) is 0.500. The summed E-state index contributed by atoms with van der Waals surface area (Å²) in [5.74, 6) is -0.835. The molecule has 0 fully saturated rings. The van der Waals surface area contributed by atoms with Gasteiger partial charge in [0.2, 0.25) is 5.91 Å². The van der Waals surface area contributed by atoms with Gasteiger partial charge < -0.3 is 10.7 Å². The molecule has 1 aliphatic heterocycles. The number of rotatable bonds is 1. The first kappa shape index (κ1) is 9.85. The van der Waals surface area contributed by atoms with Gasteiger partial charge in [0.05, 0.1) is 12.1 Å². The van der Waals surface area contributed by atoms with Crippen LogP contribution in [0.1, 0.15) is 0 Å². The number of carbonyl (C=O) groups is 1. The zero-order chi connectivity index (χ0) is 10.2. The molecule has 1 rings (SSSR count). The number of amides is 1. The minimum absolute atomic E-state index is 0.0557. The molecule has 0 saturated carbocycles. The van der Waals surface area contributed by atoms with Gasteiger partial charge in [-0.05, 0) is 0 Å². The molecule has 0 atom stereocenters. The van der Waals surface area contributed by atoms with Gasteiger partial charge >= 0.3 is 6.30 Å². The quantitative estimate of drug-likeness (QED) is 0.601. The minimum atomic E-state index is -4.48. The number of alkyl halides is 3. The van der Waals surface area contributed by atoms with Crippen LogP contribution < -0.4 is 5.73 Å². The van der Waals surface area contributed by atoms with Crippen LogP contribution in [0.2, 0.25) is 0 Å². The lowest BCUT2D eigenvalue weighted by Crippen LogP contribution is -2.44. The first-order valence-electron chi connectivity index (χ1n) is 3.40. The summed E-state index contributed by atoms with van der Waals surface area (Å²) in [7, 11) is 1.20. The summed E-state index contributed by atoms with van der Waals surface area (Å²) in [5.41, 5.74) is 4.78. The van der Waals surface area contributed by atoms with Gasteiger partial charge in [-0.3, -0.25) is 4.79 Å². The maximum absolute atomic E-state index is 12.1. The molecular formula is C6H8F3N3O. The highest BCUT2D eigenvalue weighted by atomic mass is 19.4. The number of nitrogens with two attached hydrogens (primary N) is 1. The largest absolute Gasteiger partial charge is 0.477 e. The fourth-order valence-corrected chi connectivity index (χ4v) is 1.02. The van der Waals surface area contributed by atoms with Crippen molar-refractivity contribution in [3.05, 3.63) is 11.8 Å². The molecule has 74 valence electrons. The van der Waals surface area contributed by atoms with Crippen molar-refractivity contribution in [1.82, 2.24) is 10.0 Å². The third-order valence-corrected chi connectivity index (χ3v) is 1.65. The Hall–Kier alpha value is -1.24. The first-order chi connectivity index (χ1) is 5.82. The standard InChI is InChI=1S/C6H8F3N3O/c1-11-2-4(5(10)13)3-12(11)6(7,8)9/h2H,3H2,1H3,(H2,10,13). The summed E-state index contributed by atoms with van der Waals surface area (Å²) in [6.07, 6.45) is -3.42. The second-order valence-electron chi connectivity index (χ2n) is 2.62. The fourth-order valence-electron chi connectivity index (χ4n) is 1.02. The summed E-state index contributed by atoms with van der Waals surface area (Å²) >= 11 is 0. The maximum atomic E-state index is 12.1. The third-order valence-electron chi connectivity index (χ3n) is 1.65. The number of hydrazine groups is 1. The van der Waals surface area contributed by atoms with E-state index in [1.54, 1.807) is 0 Å². The molecule has 0 bridgehead atoms.